The van der Waals surface area contributed by atoms with Crippen LogP contribution in [0.5, 0.6) is 5.75 Å². The molecule has 164 valence electrons. The number of hydrogen-bond donors (Lipinski definition) is 1. The minimum atomic E-state index is 0. The monoisotopic (exact) mass is 459 g/mol. The Balaban J connectivity index is 0.00000171. The smallest absolute Gasteiger partial charge is 0.254 e. The molecule has 0 aliphatic carbocycles. The summed E-state index contributed by atoms with van der Waals surface area (Å²) in [4.78, 5) is 19.1. The average molecular weight is 460 g/mol. The Hall–Kier alpha value is -2.60. The molecule has 4 rings (SSSR count). The van der Waals surface area contributed by atoms with Crippen molar-refractivity contribution in [1.29, 1.82) is 0 Å². The zero-order chi connectivity index (χ0) is 20.1. The largest absolute Gasteiger partial charge is 0.489 e. The predicted molar refractivity (Wildman–Crippen MR) is 127 cm³/mol. The number of nitrogens with two attached hydrogens (primary N) is 1. The van der Waals surface area contributed by atoms with E-state index in [1.807, 2.05) is 59.5 Å². The minimum Gasteiger partial charge on any atom is -0.489 e. The SMILES string of the molecule is Cl.Cl.NC[C@@H]1CN(C(=O)c2cccc(OCc3cccnc3)c2)C[C@H]1c1ccccc1. The quantitative estimate of drug-likeness (QED) is 0.595. The molecule has 1 aromatic heterocycles. The molecule has 2 aromatic carbocycles. The summed E-state index contributed by atoms with van der Waals surface area (Å²) in [6.07, 6.45) is 3.51. The first-order chi connectivity index (χ1) is 14.2. The molecule has 0 radical (unpaired) electrons. The molecule has 7 heteroatoms. The van der Waals surface area contributed by atoms with E-state index in [1.54, 1.807) is 12.4 Å². The van der Waals surface area contributed by atoms with E-state index < -0.39 is 0 Å². The zero-order valence-corrected chi connectivity index (χ0v) is 18.7. The topological polar surface area (TPSA) is 68.5 Å². The Kier molecular flexibility index (Phi) is 9.31. The van der Waals surface area contributed by atoms with Crippen LogP contribution in [0.1, 0.15) is 27.4 Å². The third-order valence-corrected chi connectivity index (χ3v) is 5.47. The van der Waals surface area contributed by atoms with Gasteiger partial charge in [-0.15, -0.1) is 24.8 Å². The number of rotatable bonds is 6. The Morgan fingerprint density at radius 1 is 1.03 bits per heavy atom. The number of carbonyl (C=O) groups is 1. The first-order valence-electron chi connectivity index (χ1n) is 9.90. The van der Waals surface area contributed by atoms with Crippen molar-refractivity contribution in [1.82, 2.24) is 9.88 Å². The maximum absolute atomic E-state index is 13.1. The van der Waals surface area contributed by atoms with Crippen LogP contribution in [-0.4, -0.2) is 35.4 Å². The van der Waals surface area contributed by atoms with Crippen LogP contribution in [0.3, 0.4) is 0 Å². The van der Waals surface area contributed by atoms with Crippen LogP contribution in [0.15, 0.2) is 79.1 Å². The molecule has 2 N–H and O–H groups in total. The van der Waals surface area contributed by atoms with E-state index in [2.05, 4.69) is 17.1 Å². The minimum absolute atomic E-state index is 0. The average Bonchev–Trinajstić information content (AvgIpc) is 3.23. The van der Waals surface area contributed by atoms with Gasteiger partial charge in [0.2, 0.25) is 0 Å². The summed E-state index contributed by atoms with van der Waals surface area (Å²) in [5.41, 5.74) is 8.88. The summed E-state index contributed by atoms with van der Waals surface area (Å²) in [6, 6.07) is 21.5. The third-order valence-electron chi connectivity index (χ3n) is 5.47. The molecule has 0 saturated carbocycles. The number of carbonyl (C=O) groups excluding carboxylic acids is 1. The molecule has 5 nitrogen and oxygen atoms in total. The maximum Gasteiger partial charge on any atom is 0.254 e. The highest BCUT2D eigenvalue weighted by Gasteiger charge is 2.35. The molecule has 1 fully saturated rings. The van der Waals surface area contributed by atoms with Crippen LogP contribution >= 0.6 is 24.8 Å². The molecular formula is C24H27Cl2N3O2. The van der Waals surface area contributed by atoms with Gasteiger partial charge in [0, 0.05) is 42.5 Å². The lowest BCUT2D eigenvalue weighted by atomic mass is 9.89. The fourth-order valence-corrected chi connectivity index (χ4v) is 3.91. The van der Waals surface area contributed by atoms with Gasteiger partial charge in [-0.1, -0.05) is 42.5 Å². The molecule has 1 aliphatic rings. The number of pyridine rings is 1. The van der Waals surface area contributed by atoms with Crippen molar-refractivity contribution in [2.24, 2.45) is 11.7 Å². The van der Waals surface area contributed by atoms with Gasteiger partial charge in [0.15, 0.2) is 0 Å². The highest BCUT2D eigenvalue weighted by molar-refractivity contribution is 5.94. The van der Waals surface area contributed by atoms with E-state index in [9.17, 15) is 4.79 Å². The zero-order valence-electron chi connectivity index (χ0n) is 17.1. The molecule has 3 aromatic rings. The molecule has 1 aliphatic heterocycles. The molecule has 2 heterocycles. The van der Waals surface area contributed by atoms with Gasteiger partial charge in [0.25, 0.3) is 5.91 Å². The summed E-state index contributed by atoms with van der Waals surface area (Å²) < 4.78 is 5.85. The number of benzene rings is 2. The van der Waals surface area contributed by atoms with Gasteiger partial charge in [-0.2, -0.15) is 0 Å². The fourth-order valence-electron chi connectivity index (χ4n) is 3.91. The van der Waals surface area contributed by atoms with E-state index >= 15 is 0 Å². The Bertz CT molecular complexity index is 957. The molecule has 0 bridgehead atoms. The van der Waals surface area contributed by atoms with E-state index in [0.29, 0.717) is 37.6 Å². The number of nitrogens with zero attached hydrogens (tertiary/aromatic N) is 2. The third kappa shape index (κ3) is 5.97. The molecule has 31 heavy (non-hydrogen) atoms. The van der Waals surface area contributed by atoms with Crippen LogP contribution < -0.4 is 10.5 Å². The summed E-state index contributed by atoms with van der Waals surface area (Å²) in [5, 5.41) is 0. The van der Waals surface area contributed by atoms with Gasteiger partial charge in [-0.25, -0.2) is 0 Å². The number of aromatic nitrogens is 1. The molecule has 0 spiro atoms. The number of amides is 1. The van der Waals surface area contributed by atoms with Crippen molar-refractivity contribution in [2.45, 2.75) is 12.5 Å². The summed E-state index contributed by atoms with van der Waals surface area (Å²) in [5.74, 6) is 1.24. The van der Waals surface area contributed by atoms with Gasteiger partial charge < -0.3 is 15.4 Å². The summed E-state index contributed by atoms with van der Waals surface area (Å²) in [6.45, 7) is 2.35. The maximum atomic E-state index is 13.1. The standard InChI is InChI=1S/C24H25N3O2.2ClH/c25-13-21-15-27(16-23(21)19-7-2-1-3-8-19)24(28)20-9-4-10-22(12-20)29-17-18-6-5-11-26-14-18;;/h1-12,14,21,23H,13,15-17,25H2;2*1H/t21-,23+;;/m1../s1. The van der Waals surface area contributed by atoms with Gasteiger partial charge in [-0.3, -0.25) is 9.78 Å². The molecule has 1 amide bonds. The normalized spacial score (nSPS) is 17.4. The molecule has 0 unspecified atom stereocenters. The van der Waals surface area contributed by atoms with E-state index in [4.69, 9.17) is 10.5 Å². The lowest BCUT2D eigenvalue weighted by Crippen LogP contribution is -2.29. The van der Waals surface area contributed by atoms with Crippen molar-refractivity contribution in [3.8, 4) is 5.75 Å². The first-order valence-corrected chi connectivity index (χ1v) is 9.90. The van der Waals surface area contributed by atoms with Gasteiger partial charge in [0.1, 0.15) is 12.4 Å². The van der Waals surface area contributed by atoms with E-state index in [0.717, 1.165) is 5.56 Å². The van der Waals surface area contributed by atoms with Crippen LogP contribution in [0.4, 0.5) is 0 Å². The van der Waals surface area contributed by atoms with Gasteiger partial charge in [0.05, 0.1) is 0 Å². The van der Waals surface area contributed by atoms with Crippen LogP contribution in [-0.2, 0) is 6.61 Å². The van der Waals surface area contributed by atoms with E-state index in [-0.39, 0.29) is 42.6 Å². The van der Waals surface area contributed by atoms with Crippen molar-refractivity contribution in [3.63, 3.8) is 0 Å². The summed E-state index contributed by atoms with van der Waals surface area (Å²) >= 11 is 0. The Morgan fingerprint density at radius 3 is 2.55 bits per heavy atom. The van der Waals surface area contributed by atoms with Crippen LogP contribution in [0, 0.1) is 5.92 Å². The number of halogens is 2. The summed E-state index contributed by atoms with van der Waals surface area (Å²) in [7, 11) is 0. The van der Waals surface area contributed by atoms with Crippen LogP contribution in [0.25, 0.3) is 0 Å². The van der Waals surface area contributed by atoms with Crippen molar-refractivity contribution < 1.29 is 9.53 Å². The lowest BCUT2D eigenvalue weighted by molar-refractivity contribution is 0.0786. The highest BCUT2D eigenvalue weighted by Crippen LogP contribution is 2.33. The van der Waals surface area contributed by atoms with Gasteiger partial charge >= 0.3 is 0 Å². The lowest BCUT2D eigenvalue weighted by Gasteiger charge is -2.17. The molecule has 1 saturated heterocycles. The Labute approximate surface area is 195 Å². The second-order valence-electron chi connectivity index (χ2n) is 7.40. The highest BCUT2D eigenvalue weighted by atomic mass is 35.5. The molecular weight excluding hydrogens is 433 g/mol. The van der Waals surface area contributed by atoms with Crippen molar-refractivity contribution in [2.75, 3.05) is 19.6 Å². The Morgan fingerprint density at radius 2 is 1.84 bits per heavy atom. The second kappa shape index (κ2) is 11.7. The van der Waals surface area contributed by atoms with Crippen molar-refractivity contribution in [3.05, 3.63) is 95.8 Å². The fraction of sp³-hybridized carbons (Fsp3) is 0.250. The number of hydrogen-bond acceptors (Lipinski definition) is 4. The number of ether oxygens (including phenoxy) is 1. The predicted octanol–water partition coefficient (Wildman–Crippen LogP) is 4.32. The molecule has 2 atom stereocenters. The second-order valence-corrected chi connectivity index (χ2v) is 7.40. The van der Waals surface area contributed by atoms with Crippen molar-refractivity contribution >= 4 is 30.7 Å². The van der Waals surface area contributed by atoms with Crippen LogP contribution in [0.2, 0.25) is 0 Å². The van der Waals surface area contributed by atoms with E-state index in [1.165, 1.54) is 5.56 Å². The van der Waals surface area contributed by atoms with Gasteiger partial charge in [-0.05, 0) is 42.3 Å². The number of likely N-dealkylation sites (tertiary alicyclic amines) is 1. The first kappa shape index (κ1) is 24.7.